The van der Waals surface area contributed by atoms with Gasteiger partial charge in [-0.15, -0.1) is 0 Å². The lowest BCUT2D eigenvalue weighted by Crippen LogP contribution is -2.28. The Morgan fingerprint density at radius 2 is 1.49 bits per heavy atom. The maximum atomic E-state index is 12.1. The van der Waals surface area contributed by atoms with Crippen LogP contribution in [0.5, 0.6) is 17.2 Å². The van der Waals surface area contributed by atoms with E-state index in [-0.39, 0.29) is 12.6 Å². The molecule has 196 valence electrons. The molecule has 0 heterocycles. The molecule has 0 N–H and O–H groups in total. The van der Waals surface area contributed by atoms with Crippen molar-refractivity contribution in [3.05, 3.63) is 90.0 Å². The molecule has 1 unspecified atom stereocenters. The Labute approximate surface area is 219 Å². The molecule has 3 aromatic rings. The summed E-state index contributed by atoms with van der Waals surface area (Å²) >= 11 is 0. The fourth-order valence-electron chi connectivity index (χ4n) is 3.45. The van der Waals surface area contributed by atoms with Gasteiger partial charge in [0.15, 0.2) is 6.10 Å². The minimum Gasteiger partial charge on any atom is -0.487 e. The minimum atomic E-state index is -0.625. The molecule has 0 spiro atoms. The van der Waals surface area contributed by atoms with Crippen molar-refractivity contribution < 1.29 is 28.6 Å². The van der Waals surface area contributed by atoms with Crippen LogP contribution in [0.25, 0.3) is 0 Å². The minimum absolute atomic E-state index is 0.229. The SMILES string of the molecule is CCCO/N=C(\COc1ccc(CC(OCC)C(=O)OCC)cc1)c1ccc(Oc2ccccc2)cc1. The number of para-hydroxylation sites is 1. The number of oxime groups is 1. The standard InChI is InChI=1S/C30H35NO6/c1-4-20-36-31-28(24-14-18-27(19-15-24)37-26-10-8-7-9-11-26)22-35-25-16-12-23(13-17-25)21-29(33-5-2)30(32)34-6-3/h7-19,29H,4-6,20-22H2,1-3H3/b31-28+. The van der Waals surface area contributed by atoms with Crippen molar-refractivity contribution in [3.63, 3.8) is 0 Å². The first kappa shape index (κ1) is 27.7. The van der Waals surface area contributed by atoms with E-state index in [0.29, 0.717) is 37.7 Å². The summed E-state index contributed by atoms with van der Waals surface area (Å²) < 4.78 is 22.6. The monoisotopic (exact) mass is 505 g/mol. The first-order chi connectivity index (χ1) is 18.1. The number of rotatable bonds is 15. The second-order valence-electron chi connectivity index (χ2n) is 8.14. The third-order valence-corrected chi connectivity index (χ3v) is 5.27. The van der Waals surface area contributed by atoms with Gasteiger partial charge < -0.3 is 23.8 Å². The molecule has 0 bridgehead atoms. The summed E-state index contributed by atoms with van der Waals surface area (Å²) in [6.45, 7) is 7.18. The van der Waals surface area contributed by atoms with E-state index < -0.39 is 6.10 Å². The van der Waals surface area contributed by atoms with Gasteiger partial charge in [-0.2, -0.15) is 0 Å². The Bertz CT molecular complexity index is 1100. The molecular weight excluding hydrogens is 470 g/mol. The third kappa shape index (κ3) is 9.28. The summed E-state index contributed by atoms with van der Waals surface area (Å²) in [5.74, 6) is 1.84. The molecule has 0 fully saturated rings. The topological polar surface area (TPSA) is 75.6 Å². The highest BCUT2D eigenvalue weighted by Gasteiger charge is 2.20. The van der Waals surface area contributed by atoms with Gasteiger partial charge in [0, 0.05) is 18.6 Å². The lowest BCUT2D eigenvalue weighted by molar-refractivity contribution is -0.156. The molecule has 0 aromatic heterocycles. The van der Waals surface area contributed by atoms with Gasteiger partial charge in [0.05, 0.1) is 6.61 Å². The Morgan fingerprint density at radius 3 is 2.14 bits per heavy atom. The zero-order valence-corrected chi connectivity index (χ0v) is 21.7. The van der Waals surface area contributed by atoms with E-state index in [4.69, 9.17) is 23.8 Å². The fourth-order valence-corrected chi connectivity index (χ4v) is 3.45. The van der Waals surface area contributed by atoms with Crippen LogP contribution in [-0.4, -0.2) is 44.2 Å². The highest BCUT2D eigenvalue weighted by molar-refractivity contribution is 6.01. The maximum absolute atomic E-state index is 12.1. The van der Waals surface area contributed by atoms with Crippen molar-refractivity contribution in [1.82, 2.24) is 0 Å². The molecular formula is C30H35NO6. The number of carbonyl (C=O) groups is 1. The Morgan fingerprint density at radius 1 is 0.811 bits per heavy atom. The molecule has 0 radical (unpaired) electrons. The van der Waals surface area contributed by atoms with Crippen molar-refractivity contribution in [2.75, 3.05) is 26.4 Å². The number of nitrogens with zero attached hydrogens (tertiary/aromatic N) is 1. The van der Waals surface area contributed by atoms with Crippen LogP contribution in [0.2, 0.25) is 0 Å². The van der Waals surface area contributed by atoms with Crippen LogP contribution in [0.15, 0.2) is 84.0 Å². The maximum Gasteiger partial charge on any atom is 0.335 e. The van der Waals surface area contributed by atoms with Crippen molar-refractivity contribution >= 4 is 11.7 Å². The largest absolute Gasteiger partial charge is 0.487 e. The van der Waals surface area contributed by atoms with Gasteiger partial charge >= 0.3 is 5.97 Å². The Kier molecular flexibility index (Phi) is 11.5. The molecule has 0 amide bonds. The van der Waals surface area contributed by atoms with E-state index >= 15 is 0 Å². The molecule has 0 saturated heterocycles. The van der Waals surface area contributed by atoms with E-state index in [1.165, 1.54) is 0 Å². The predicted molar refractivity (Wildman–Crippen MR) is 143 cm³/mol. The van der Waals surface area contributed by atoms with Crippen LogP contribution in [0.4, 0.5) is 0 Å². The van der Waals surface area contributed by atoms with Crippen LogP contribution in [-0.2, 0) is 25.5 Å². The number of esters is 1. The number of ether oxygens (including phenoxy) is 4. The molecule has 7 nitrogen and oxygen atoms in total. The highest BCUT2D eigenvalue weighted by Crippen LogP contribution is 2.22. The first-order valence-electron chi connectivity index (χ1n) is 12.6. The molecule has 1 atom stereocenters. The van der Waals surface area contributed by atoms with Crippen LogP contribution in [0.3, 0.4) is 0 Å². The Hall–Kier alpha value is -3.84. The molecule has 0 aliphatic heterocycles. The highest BCUT2D eigenvalue weighted by atomic mass is 16.6. The summed E-state index contributed by atoms with van der Waals surface area (Å²) in [6, 6.07) is 24.8. The second-order valence-corrected chi connectivity index (χ2v) is 8.14. The van der Waals surface area contributed by atoms with Crippen molar-refractivity contribution in [3.8, 4) is 17.2 Å². The van der Waals surface area contributed by atoms with Gasteiger partial charge in [-0.25, -0.2) is 4.79 Å². The van der Waals surface area contributed by atoms with Crippen LogP contribution < -0.4 is 9.47 Å². The molecule has 0 saturated carbocycles. The summed E-state index contributed by atoms with van der Waals surface area (Å²) in [7, 11) is 0. The summed E-state index contributed by atoms with van der Waals surface area (Å²) in [6.07, 6.45) is 0.666. The smallest absolute Gasteiger partial charge is 0.335 e. The quantitative estimate of drug-likeness (QED) is 0.106. The number of hydrogen-bond donors (Lipinski definition) is 0. The summed E-state index contributed by atoms with van der Waals surface area (Å²) in [4.78, 5) is 17.6. The molecule has 7 heteroatoms. The van der Waals surface area contributed by atoms with E-state index in [0.717, 1.165) is 29.0 Å². The molecule has 3 aromatic carbocycles. The van der Waals surface area contributed by atoms with Crippen LogP contribution >= 0.6 is 0 Å². The average Bonchev–Trinajstić information content (AvgIpc) is 2.92. The number of benzene rings is 3. The predicted octanol–water partition coefficient (Wildman–Crippen LogP) is 6.20. The average molecular weight is 506 g/mol. The van der Waals surface area contributed by atoms with Crippen molar-refractivity contribution in [2.45, 2.75) is 39.7 Å². The van der Waals surface area contributed by atoms with E-state index in [9.17, 15) is 4.79 Å². The number of hydrogen-bond acceptors (Lipinski definition) is 7. The lowest BCUT2D eigenvalue weighted by atomic mass is 10.1. The summed E-state index contributed by atoms with van der Waals surface area (Å²) in [5.41, 5.74) is 2.50. The van der Waals surface area contributed by atoms with E-state index in [1.54, 1.807) is 6.92 Å². The van der Waals surface area contributed by atoms with Crippen LogP contribution in [0.1, 0.15) is 38.3 Å². The van der Waals surface area contributed by atoms with Gasteiger partial charge in [-0.1, -0.05) is 42.4 Å². The first-order valence-corrected chi connectivity index (χ1v) is 12.6. The van der Waals surface area contributed by atoms with Gasteiger partial charge in [0.1, 0.15) is 36.2 Å². The van der Waals surface area contributed by atoms with Gasteiger partial charge in [-0.3, -0.25) is 0 Å². The van der Waals surface area contributed by atoms with E-state index in [2.05, 4.69) is 5.16 Å². The fraction of sp³-hybridized carbons (Fsp3) is 0.333. The van der Waals surface area contributed by atoms with Crippen molar-refractivity contribution in [2.24, 2.45) is 5.16 Å². The van der Waals surface area contributed by atoms with Gasteiger partial charge in [-0.05, 0) is 74.4 Å². The van der Waals surface area contributed by atoms with E-state index in [1.807, 2.05) is 92.7 Å². The van der Waals surface area contributed by atoms with Crippen molar-refractivity contribution in [1.29, 1.82) is 0 Å². The lowest BCUT2D eigenvalue weighted by Gasteiger charge is -2.16. The normalized spacial score (nSPS) is 12.0. The van der Waals surface area contributed by atoms with Crippen LogP contribution in [0, 0.1) is 0 Å². The van der Waals surface area contributed by atoms with Gasteiger partial charge in [0.25, 0.3) is 0 Å². The molecule has 0 aliphatic rings. The zero-order valence-electron chi connectivity index (χ0n) is 21.7. The second kappa shape index (κ2) is 15.3. The Balaban J connectivity index is 1.63. The summed E-state index contributed by atoms with van der Waals surface area (Å²) in [5, 5.41) is 4.31. The number of carbonyl (C=O) groups excluding carboxylic acids is 1. The third-order valence-electron chi connectivity index (χ3n) is 5.27. The molecule has 3 rings (SSSR count). The van der Waals surface area contributed by atoms with Gasteiger partial charge in [0.2, 0.25) is 0 Å². The molecule has 0 aliphatic carbocycles. The zero-order chi connectivity index (χ0) is 26.3. The molecule has 37 heavy (non-hydrogen) atoms.